The number of para-hydroxylation sites is 2. The lowest BCUT2D eigenvalue weighted by atomic mass is 9.94. The molecule has 55 heavy (non-hydrogen) atoms. The van der Waals surface area contributed by atoms with Gasteiger partial charge in [-0.3, -0.25) is 0 Å². The van der Waals surface area contributed by atoms with Gasteiger partial charge in [-0.1, -0.05) is 97.1 Å². The minimum absolute atomic E-state index is 0.606. The number of benzene rings is 8. The SMILES string of the molecule is [C-]#[N+]c1ccc2c(c1)c1ccc3c4ccccc4oc3c1n2-c1cccc(-c2ccccc2-c2cccc(-n3c4ccccc4c4cc(C#N)ccc43)c2)c1. The number of aromatic nitrogens is 2. The Hall–Kier alpha value is -7.86. The maximum atomic E-state index is 9.66. The number of hydrogen-bond donors (Lipinski definition) is 0. The third kappa shape index (κ3) is 4.58. The highest BCUT2D eigenvalue weighted by Gasteiger charge is 2.20. The van der Waals surface area contributed by atoms with E-state index in [2.05, 4.69) is 147 Å². The van der Waals surface area contributed by atoms with Gasteiger partial charge in [-0.25, -0.2) is 4.85 Å². The molecule has 0 fully saturated rings. The smallest absolute Gasteiger partial charge is 0.188 e. The van der Waals surface area contributed by atoms with Crippen LogP contribution < -0.4 is 0 Å². The van der Waals surface area contributed by atoms with E-state index in [1.54, 1.807) is 0 Å². The van der Waals surface area contributed by atoms with Crippen molar-refractivity contribution in [2.75, 3.05) is 0 Å². The minimum atomic E-state index is 0.606. The second-order valence-electron chi connectivity index (χ2n) is 13.9. The molecule has 0 amide bonds. The first-order valence-electron chi connectivity index (χ1n) is 18.2. The van der Waals surface area contributed by atoms with Gasteiger partial charge in [0.15, 0.2) is 11.3 Å². The monoisotopic (exact) mass is 700 g/mol. The van der Waals surface area contributed by atoms with Crippen LogP contribution in [0, 0.1) is 17.9 Å². The van der Waals surface area contributed by atoms with Crippen molar-refractivity contribution in [2.24, 2.45) is 0 Å². The zero-order valence-corrected chi connectivity index (χ0v) is 29.4. The van der Waals surface area contributed by atoms with Crippen molar-refractivity contribution in [3.8, 4) is 39.7 Å². The normalized spacial score (nSPS) is 11.6. The molecule has 0 spiro atoms. The highest BCUT2D eigenvalue weighted by atomic mass is 16.3. The minimum Gasteiger partial charge on any atom is -0.454 e. The molecule has 5 heteroatoms. The summed E-state index contributed by atoms with van der Waals surface area (Å²) in [6.45, 7) is 7.74. The molecule has 8 aromatic carbocycles. The van der Waals surface area contributed by atoms with Crippen LogP contribution in [-0.4, -0.2) is 9.13 Å². The van der Waals surface area contributed by atoms with Crippen molar-refractivity contribution >= 4 is 71.2 Å². The van der Waals surface area contributed by atoms with Crippen molar-refractivity contribution in [2.45, 2.75) is 0 Å². The molecule has 0 saturated heterocycles. The number of fused-ring (bicyclic) bond motifs is 10. The summed E-state index contributed by atoms with van der Waals surface area (Å²) in [6.07, 6.45) is 0. The topological polar surface area (TPSA) is 51.1 Å². The van der Waals surface area contributed by atoms with Crippen molar-refractivity contribution < 1.29 is 4.42 Å². The summed E-state index contributed by atoms with van der Waals surface area (Å²) in [5.41, 5.74) is 13.6. The molecule has 3 heterocycles. The summed E-state index contributed by atoms with van der Waals surface area (Å²) in [4.78, 5) is 3.76. The fourth-order valence-corrected chi connectivity index (χ4v) is 8.54. The second kappa shape index (κ2) is 11.8. The fourth-order valence-electron chi connectivity index (χ4n) is 8.54. The van der Waals surface area contributed by atoms with E-state index < -0.39 is 0 Å². The first-order valence-corrected chi connectivity index (χ1v) is 18.2. The quantitative estimate of drug-likeness (QED) is 0.172. The molecule has 11 rings (SSSR count). The Labute approximate surface area is 315 Å². The van der Waals surface area contributed by atoms with E-state index in [-0.39, 0.29) is 0 Å². The van der Waals surface area contributed by atoms with Crippen molar-refractivity contribution in [3.63, 3.8) is 0 Å². The lowest BCUT2D eigenvalue weighted by molar-refractivity contribution is 0.671. The summed E-state index contributed by atoms with van der Waals surface area (Å²) < 4.78 is 11.2. The predicted octanol–water partition coefficient (Wildman–Crippen LogP) is 13.5. The van der Waals surface area contributed by atoms with E-state index in [0.717, 1.165) is 99.2 Å². The Morgan fingerprint density at radius 3 is 1.87 bits per heavy atom. The Morgan fingerprint density at radius 2 is 1.11 bits per heavy atom. The Bertz CT molecular complexity index is 3470. The van der Waals surface area contributed by atoms with Crippen LogP contribution in [0.2, 0.25) is 0 Å². The molecular formula is C50H28N4O. The standard InChI is InChI=1S/C50H28N4O/c1-52-34-21-25-47-44(29-34)41-22-23-42-40-17-5-7-19-48(40)55-50(42)49(41)54(47)36-13-9-11-33(28-36)38-15-3-2-14-37(38)32-10-8-12-35(27-32)53-45-18-6-4-16-39(45)43-26-31(30-51)20-24-46(43)53/h2-29H. The van der Waals surface area contributed by atoms with Crippen LogP contribution in [0.25, 0.3) is 104 Å². The fraction of sp³-hybridized carbons (Fsp3) is 0. The van der Waals surface area contributed by atoms with Gasteiger partial charge in [0.05, 0.1) is 40.3 Å². The predicted molar refractivity (Wildman–Crippen MR) is 224 cm³/mol. The maximum absolute atomic E-state index is 9.66. The molecule has 0 bridgehead atoms. The maximum Gasteiger partial charge on any atom is 0.188 e. The first-order chi connectivity index (χ1) is 27.2. The molecule has 0 saturated carbocycles. The third-order valence-corrected chi connectivity index (χ3v) is 10.9. The third-order valence-electron chi connectivity index (χ3n) is 10.9. The van der Waals surface area contributed by atoms with Crippen LogP contribution >= 0.6 is 0 Å². The molecule has 0 aliphatic rings. The molecule has 0 radical (unpaired) electrons. The van der Waals surface area contributed by atoms with Crippen LogP contribution in [0.4, 0.5) is 5.69 Å². The largest absolute Gasteiger partial charge is 0.454 e. The molecule has 0 aliphatic heterocycles. The molecule has 5 nitrogen and oxygen atoms in total. The average molecular weight is 701 g/mol. The van der Waals surface area contributed by atoms with Gasteiger partial charge in [0.25, 0.3) is 0 Å². The number of furan rings is 1. The molecule has 11 aromatic rings. The zero-order chi connectivity index (χ0) is 36.6. The van der Waals surface area contributed by atoms with Gasteiger partial charge in [-0.05, 0) is 100 Å². The van der Waals surface area contributed by atoms with Crippen LogP contribution in [0.15, 0.2) is 174 Å². The summed E-state index contributed by atoms with van der Waals surface area (Å²) in [6, 6.07) is 61.0. The van der Waals surface area contributed by atoms with E-state index in [1.165, 1.54) is 0 Å². The van der Waals surface area contributed by atoms with Crippen LogP contribution in [0.1, 0.15) is 5.56 Å². The molecule has 254 valence electrons. The van der Waals surface area contributed by atoms with Crippen molar-refractivity contribution in [1.82, 2.24) is 9.13 Å². The lowest BCUT2D eigenvalue weighted by Crippen LogP contribution is -1.96. The van der Waals surface area contributed by atoms with Gasteiger partial charge in [0.2, 0.25) is 0 Å². The van der Waals surface area contributed by atoms with Gasteiger partial charge in [0, 0.05) is 38.3 Å². The molecular weight excluding hydrogens is 673 g/mol. The molecule has 0 atom stereocenters. The Balaban J connectivity index is 1.10. The molecule has 0 unspecified atom stereocenters. The zero-order valence-electron chi connectivity index (χ0n) is 29.4. The average Bonchev–Trinajstić information content (AvgIpc) is 3.91. The van der Waals surface area contributed by atoms with E-state index in [4.69, 9.17) is 11.0 Å². The molecule has 0 aliphatic carbocycles. The van der Waals surface area contributed by atoms with Crippen LogP contribution in [0.3, 0.4) is 0 Å². The summed E-state index contributed by atoms with van der Waals surface area (Å²) in [7, 11) is 0. The van der Waals surface area contributed by atoms with Crippen molar-refractivity contribution in [1.29, 1.82) is 5.26 Å². The van der Waals surface area contributed by atoms with E-state index in [1.807, 2.05) is 42.5 Å². The highest BCUT2D eigenvalue weighted by Crippen LogP contribution is 2.42. The lowest BCUT2D eigenvalue weighted by Gasteiger charge is -2.15. The number of rotatable bonds is 4. The van der Waals surface area contributed by atoms with Gasteiger partial charge in [-0.15, -0.1) is 0 Å². The number of nitriles is 1. The molecule has 0 N–H and O–H groups in total. The van der Waals surface area contributed by atoms with E-state index in [0.29, 0.717) is 11.3 Å². The summed E-state index contributed by atoms with van der Waals surface area (Å²) >= 11 is 0. The van der Waals surface area contributed by atoms with Crippen molar-refractivity contribution in [3.05, 3.63) is 187 Å². The second-order valence-corrected chi connectivity index (χ2v) is 13.9. The van der Waals surface area contributed by atoms with Gasteiger partial charge >= 0.3 is 0 Å². The summed E-state index contributed by atoms with van der Waals surface area (Å²) in [5, 5.41) is 16.0. The number of nitrogens with zero attached hydrogens (tertiary/aromatic N) is 4. The van der Waals surface area contributed by atoms with Crippen LogP contribution in [-0.2, 0) is 0 Å². The molecule has 3 aromatic heterocycles. The highest BCUT2D eigenvalue weighted by molar-refractivity contribution is 6.22. The Kier molecular flexibility index (Phi) is 6.61. The van der Waals surface area contributed by atoms with Gasteiger partial charge < -0.3 is 13.6 Å². The van der Waals surface area contributed by atoms with Gasteiger partial charge in [0.1, 0.15) is 5.58 Å². The number of hydrogen-bond acceptors (Lipinski definition) is 2. The van der Waals surface area contributed by atoms with E-state index in [9.17, 15) is 5.26 Å². The first kappa shape index (κ1) is 30.7. The summed E-state index contributed by atoms with van der Waals surface area (Å²) in [5.74, 6) is 0. The van der Waals surface area contributed by atoms with Gasteiger partial charge in [-0.2, -0.15) is 5.26 Å². The van der Waals surface area contributed by atoms with E-state index >= 15 is 0 Å². The van der Waals surface area contributed by atoms with Crippen LogP contribution in [0.5, 0.6) is 0 Å². The Morgan fingerprint density at radius 1 is 0.491 bits per heavy atom.